The summed E-state index contributed by atoms with van der Waals surface area (Å²) in [6, 6.07) is -0.149. The molecular formula is C11H17N5O. The average Bonchev–Trinajstić information content (AvgIpc) is 2.87. The third-order valence-electron chi connectivity index (χ3n) is 2.99. The maximum Gasteiger partial charge on any atom is 0.242 e. The van der Waals surface area contributed by atoms with Crippen molar-refractivity contribution in [3.05, 3.63) is 18.0 Å². The molecule has 6 nitrogen and oxygen atoms in total. The highest BCUT2D eigenvalue weighted by Gasteiger charge is 2.31. The van der Waals surface area contributed by atoms with Crippen molar-refractivity contribution in [3.63, 3.8) is 0 Å². The number of hydrogen-bond donors (Lipinski definition) is 2. The zero-order chi connectivity index (χ0) is 12.3. The van der Waals surface area contributed by atoms with E-state index in [0.29, 0.717) is 12.5 Å². The monoisotopic (exact) mass is 235 g/mol. The standard InChI is InChI=1S/C11H17N5O/c1-13-10(17)9-3-2-4-16(9)11-14-6-8(5-12)7-15-11/h6-7,9H,2-5,12H2,1H3,(H,13,17). The molecule has 0 aliphatic carbocycles. The lowest BCUT2D eigenvalue weighted by molar-refractivity contribution is -0.121. The van der Waals surface area contributed by atoms with Crippen LogP contribution in [-0.2, 0) is 11.3 Å². The number of carbonyl (C=O) groups excluding carboxylic acids is 1. The van der Waals surface area contributed by atoms with Crippen LogP contribution >= 0.6 is 0 Å². The van der Waals surface area contributed by atoms with Gasteiger partial charge in [-0.05, 0) is 12.8 Å². The minimum atomic E-state index is -0.149. The van der Waals surface area contributed by atoms with Gasteiger partial charge in [0.1, 0.15) is 6.04 Å². The van der Waals surface area contributed by atoms with E-state index in [9.17, 15) is 4.79 Å². The van der Waals surface area contributed by atoms with Crippen LogP contribution in [0.3, 0.4) is 0 Å². The number of likely N-dealkylation sites (N-methyl/N-ethyl adjacent to an activating group) is 1. The summed E-state index contributed by atoms with van der Waals surface area (Å²) in [6.07, 6.45) is 5.25. The molecule has 0 saturated carbocycles. The molecule has 2 rings (SSSR count). The van der Waals surface area contributed by atoms with E-state index in [0.717, 1.165) is 24.9 Å². The Kier molecular flexibility index (Phi) is 3.53. The van der Waals surface area contributed by atoms with E-state index in [4.69, 9.17) is 5.73 Å². The second-order valence-electron chi connectivity index (χ2n) is 4.06. The molecule has 0 aromatic carbocycles. The second-order valence-corrected chi connectivity index (χ2v) is 4.06. The van der Waals surface area contributed by atoms with Gasteiger partial charge in [0.25, 0.3) is 0 Å². The Labute approximate surface area is 100 Å². The van der Waals surface area contributed by atoms with Gasteiger partial charge in [0.15, 0.2) is 0 Å². The predicted molar refractivity (Wildman–Crippen MR) is 64.4 cm³/mol. The molecule has 2 heterocycles. The van der Waals surface area contributed by atoms with Crippen LogP contribution in [-0.4, -0.2) is 35.5 Å². The van der Waals surface area contributed by atoms with Crippen molar-refractivity contribution in [3.8, 4) is 0 Å². The molecule has 1 aliphatic heterocycles. The lowest BCUT2D eigenvalue weighted by atomic mass is 10.2. The van der Waals surface area contributed by atoms with Crippen LogP contribution in [0.5, 0.6) is 0 Å². The summed E-state index contributed by atoms with van der Waals surface area (Å²) in [4.78, 5) is 22.1. The fraction of sp³-hybridized carbons (Fsp3) is 0.545. The van der Waals surface area contributed by atoms with Crippen molar-refractivity contribution < 1.29 is 4.79 Å². The lowest BCUT2D eigenvalue weighted by Gasteiger charge is -2.23. The quantitative estimate of drug-likeness (QED) is 0.748. The highest BCUT2D eigenvalue weighted by atomic mass is 16.2. The second kappa shape index (κ2) is 5.09. The van der Waals surface area contributed by atoms with Crippen molar-refractivity contribution in [1.29, 1.82) is 0 Å². The number of nitrogens with zero attached hydrogens (tertiary/aromatic N) is 3. The Morgan fingerprint density at radius 3 is 2.88 bits per heavy atom. The molecule has 3 N–H and O–H groups in total. The number of aromatic nitrogens is 2. The highest BCUT2D eigenvalue weighted by Crippen LogP contribution is 2.22. The molecule has 0 spiro atoms. The molecule has 17 heavy (non-hydrogen) atoms. The fourth-order valence-corrected chi connectivity index (χ4v) is 2.05. The molecule has 1 fully saturated rings. The Morgan fingerprint density at radius 1 is 1.59 bits per heavy atom. The number of carbonyl (C=O) groups is 1. The summed E-state index contributed by atoms with van der Waals surface area (Å²) >= 11 is 0. The number of nitrogens with one attached hydrogen (secondary N) is 1. The lowest BCUT2D eigenvalue weighted by Crippen LogP contribution is -2.42. The van der Waals surface area contributed by atoms with Crippen LogP contribution in [0, 0.1) is 0 Å². The van der Waals surface area contributed by atoms with Crippen molar-refractivity contribution in [1.82, 2.24) is 15.3 Å². The summed E-state index contributed by atoms with van der Waals surface area (Å²) in [7, 11) is 1.65. The molecule has 1 atom stereocenters. The first-order valence-corrected chi connectivity index (χ1v) is 5.75. The highest BCUT2D eigenvalue weighted by molar-refractivity contribution is 5.84. The van der Waals surface area contributed by atoms with Gasteiger partial charge in [0, 0.05) is 38.1 Å². The van der Waals surface area contributed by atoms with Crippen LogP contribution < -0.4 is 16.0 Å². The first kappa shape index (κ1) is 11.8. The zero-order valence-corrected chi connectivity index (χ0v) is 9.89. The average molecular weight is 235 g/mol. The minimum absolute atomic E-state index is 0.0222. The van der Waals surface area contributed by atoms with E-state index in [1.54, 1.807) is 19.4 Å². The Bertz CT molecular complexity index is 391. The third-order valence-corrected chi connectivity index (χ3v) is 2.99. The van der Waals surface area contributed by atoms with Gasteiger partial charge in [-0.1, -0.05) is 0 Å². The van der Waals surface area contributed by atoms with E-state index < -0.39 is 0 Å². The summed E-state index contributed by atoms with van der Waals surface area (Å²) in [5, 5.41) is 2.67. The van der Waals surface area contributed by atoms with Gasteiger partial charge in [-0.2, -0.15) is 0 Å². The van der Waals surface area contributed by atoms with Crippen molar-refractivity contribution in [2.45, 2.75) is 25.4 Å². The van der Waals surface area contributed by atoms with E-state index in [1.807, 2.05) is 4.90 Å². The number of amides is 1. The largest absolute Gasteiger partial charge is 0.357 e. The molecule has 1 aromatic rings. The van der Waals surface area contributed by atoms with Crippen molar-refractivity contribution in [2.24, 2.45) is 5.73 Å². The van der Waals surface area contributed by atoms with E-state index in [-0.39, 0.29) is 11.9 Å². The molecule has 6 heteroatoms. The number of nitrogens with two attached hydrogens (primary N) is 1. The number of rotatable bonds is 3. The van der Waals surface area contributed by atoms with Gasteiger partial charge >= 0.3 is 0 Å². The van der Waals surface area contributed by atoms with Crippen LogP contribution in [0.2, 0.25) is 0 Å². The molecule has 1 aromatic heterocycles. The van der Waals surface area contributed by atoms with Crippen molar-refractivity contribution in [2.75, 3.05) is 18.5 Å². The molecule has 1 amide bonds. The summed E-state index contributed by atoms with van der Waals surface area (Å²) < 4.78 is 0. The third kappa shape index (κ3) is 2.36. The van der Waals surface area contributed by atoms with Gasteiger partial charge in [0.05, 0.1) is 0 Å². The smallest absolute Gasteiger partial charge is 0.242 e. The first-order valence-electron chi connectivity index (χ1n) is 5.75. The van der Waals surface area contributed by atoms with E-state index in [2.05, 4.69) is 15.3 Å². The van der Waals surface area contributed by atoms with Crippen LogP contribution in [0.1, 0.15) is 18.4 Å². The minimum Gasteiger partial charge on any atom is -0.357 e. The van der Waals surface area contributed by atoms with Crippen LogP contribution in [0.25, 0.3) is 0 Å². The maximum atomic E-state index is 11.7. The van der Waals surface area contributed by atoms with Gasteiger partial charge in [-0.3, -0.25) is 4.79 Å². The summed E-state index contributed by atoms with van der Waals surface area (Å²) in [6.45, 7) is 1.25. The van der Waals surface area contributed by atoms with Crippen LogP contribution in [0.15, 0.2) is 12.4 Å². The predicted octanol–water partition coefficient (Wildman–Crippen LogP) is -0.350. The summed E-state index contributed by atoms with van der Waals surface area (Å²) in [5.41, 5.74) is 6.39. The number of anilines is 1. The van der Waals surface area contributed by atoms with Crippen molar-refractivity contribution >= 4 is 11.9 Å². The molecular weight excluding hydrogens is 218 g/mol. The SMILES string of the molecule is CNC(=O)C1CCCN1c1ncc(CN)cn1. The topological polar surface area (TPSA) is 84.1 Å². The van der Waals surface area contributed by atoms with Gasteiger partial charge in [-0.25, -0.2) is 9.97 Å². The molecule has 1 unspecified atom stereocenters. The molecule has 1 aliphatic rings. The molecule has 0 bridgehead atoms. The summed E-state index contributed by atoms with van der Waals surface area (Å²) in [5.74, 6) is 0.627. The van der Waals surface area contributed by atoms with Gasteiger partial charge in [-0.15, -0.1) is 0 Å². The number of hydrogen-bond acceptors (Lipinski definition) is 5. The molecule has 1 saturated heterocycles. The first-order chi connectivity index (χ1) is 8.26. The van der Waals surface area contributed by atoms with E-state index in [1.165, 1.54) is 0 Å². The maximum absolute atomic E-state index is 11.7. The Balaban J connectivity index is 2.17. The Hall–Kier alpha value is -1.69. The molecule has 0 radical (unpaired) electrons. The fourth-order valence-electron chi connectivity index (χ4n) is 2.05. The van der Waals surface area contributed by atoms with E-state index >= 15 is 0 Å². The van der Waals surface area contributed by atoms with Gasteiger partial charge in [0.2, 0.25) is 11.9 Å². The normalized spacial score (nSPS) is 19.4. The van der Waals surface area contributed by atoms with Gasteiger partial charge < -0.3 is 16.0 Å². The molecule has 92 valence electrons. The zero-order valence-electron chi connectivity index (χ0n) is 9.89. The Morgan fingerprint density at radius 2 is 2.29 bits per heavy atom. The van der Waals surface area contributed by atoms with Crippen LogP contribution in [0.4, 0.5) is 5.95 Å².